The van der Waals surface area contributed by atoms with E-state index in [0.717, 1.165) is 33.2 Å². The monoisotopic (exact) mass is 375 g/mol. The van der Waals surface area contributed by atoms with Crippen molar-refractivity contribution in [1.29, 1.82) is 0 Å². The van der Waals surface area contributed by atoms with Gasteiger partial charge >= 0.3 is 0 Å². The van der Waals surface area contributed by atoms with Crippen molar-refractivity contribution in [2.75, 3.05) is 5.32 Å². The molecule has 2 aromatic heterocycles. The van der Waals surface area contributed by atoms with E-state index in [1.807, 2.05) is 37.3 Å². The van der Waals surface area contributed by atoms with Crippen LogP contribution in [-0.2, 0) is 11.2 Å². The van der Waals surface area contributed by atoms with Crippen LogP contribution in [0.4, 0.5) is 5.69 Å². The lowest BCUT2D eigenvalue weighted by Gasteiger charge is -2.10. The number of imidazole rings is 1. The minimum absolute atomic E-state index is 0.0337. The summed E-state index contributed by atoms with van der Waals surface area (Å²) in [6.45, 7) is 4.08. The fourth-order valence-electron chi connectivity index (χ4n) is 3.10. The van der Waals surface area contributed by atoms with E-state index in [9.17, 15) is 4.79 Å². The molecule has 2 aromatic carbocycles. The number of aryl methyl sites for hydroxylation is 2. The van der Waals surface area contributed by atoms with Gasteiger partial charge in [-0.25, -0.2) is 4.98 Å². The zero-order valence-electron chi connectivity index (χ0n) is 15.4. The molecule has 27 heavy (non-hydrogen) atoms. The largest absolute Gasteiger partial charge is 0.326 e. The SMILES string of the molecule is Cc1cccc(NC(=O)CCc2csc3nc(-c4ccccc4)cn23)c1C. The minimum atomic E-state index is 0.0337. The number of thiazole rings is 1. The van der Waals surface area contributed by atoms with E-state index in [1.54, 1.807) is 11.3 Å². The number of amides is 1. The van der Waals surface area contributed by atoms with Crippen molar-refractivity contribution in [3.63, 3.8) is 0 Å². The average Bonchev–Trinajstić information content (AvgIpc) is 3.26. The van der Waals surface area contributed by atoms with E-state index >= 15 is 0 Å². The second kappa shape index (κ2) is 7.37. The first-order chi connectivity index (χ1) is 13.1. The fourth-order valence-corrected chi connectivity index (χ4v) is 4.01. The van der Waals surface area contributed by atoms with Gasteiger partial charge in [0.25, 0.3) is 0 Å². The van der Waals surface area contributed by atoms with Gasteiger partial charge in [0.15, 0.2) is 4.96 Å². The van der Waals surface area contributed by atoms with Crippen LogP contribution in [0.1, 0.15) is 23.2 Å². The van der Waals surface area contributed by atoms with Gasteiger partial charge in [-0.05, 0) is 37.5 Å². The molecule has 1 amide bonds. The second-order valence-corrected chi connectivity index (χ2v) is 7.50. The van der Waals surface area contributed by atoms with Crippen LogP contribution in [0.15, 0.2) is 60.1 Å². The summed E-state index contributed by atoms with van der Waals surface area (Å²) in [7, 11) is 0. The van der Waals surface area contributed by atoms with Crippen LogP contribution in [-0.4, -0.2) is 15.3 Å². The Hall–Kier alpha value is -2.92. The molecule has 1 N–H and O–H groups in total. The Morgan fingerprint density at radius 3 is 2.74 bits per heavy atom. The van der Waals surface area contributed by atoms with Crippen molar-refractivity contribution >= 4 is 27.9 Å². The minimum Gasteiger partial charge on any atom is -0.326 e. The number of benzene rings is 2. The van der Waals surface area contributed by atoms with E-state index in [1.165, 1.54) is 5.56 Å². The van der Waals surface area contributed by atoms with Gasteiger partial charge in [-0.3, -0.25) is 9.20 Å². The van der Waals surface area contributed by atoms with Gasteiger partial charge in [-0.1, -0.05) is 42.5 Å². The van der Waals surface area contributed by atoms with Crippen LogP contribution in [0.5, 0.6) is 0 Å². The first-order valence-corrected chi connectivity index (χ1v) is 9.87. The maximum absolute atomic E-state index is 12.4. The Labute approximate surface area is 162 Å². The lowest BCUT2D eigenvalue weighted by Crippen LogP contribution is -2.13. The van der Waals surface area contributed by atoms with Crippen LogP contribution in [0.3, 0.4) is 0 Å². The third-order valence-electron chi connectivity index (χ3n) is 4.84. The fraction of sp³-hybridized carbons (Fsp3) is 0.182. The number of nitrogens with one attached hydrogen (secondary N) is 1. The molecule has 0 aliphatic heterocycles. The highest BCUT2D eigenvalue weighted by Crippen LogP contribution is 2.24. The molecule has 136 valence electrons. The molecule has 0 radical (unpaired) electrons. The number of anilines is 1. The zero-order valence-corrected chi connectivity index (χ0v) is 16.2. The number of carbonyl (C=O) groups excluding carboxylic acids is 1. The molecule has 0 spiro atoms. The van der Waals surface area contributed by atoms with Gasteiger partial charge in [0, 0.05) is 34.9 Å². The number of aromatic nitrogens is 2. The van der Waals surface area contributed by atoms with Crippen LogP contribution in [0.2, 0.25) is 0 Å². The van der Waals surface area contributed by atoms with Crippen LogP contribution >= 0.6 is 11.3 Å². The average molecular weight is 375 g/mol. The van der Waals surface area contributed by atoms with E-state index in [0.29, 0.717) is 12.8 Å². The smallest absolute Gasteiger partial charge is 0.224 e. The molecule has 4 rings (SSSR count). The van der Waals surface area contributed by atoms with E-state index < -0.39 is 0 Å². The van der Waals surface area contributed by atoms with Gasteiger partial charge in [0.1, 0.15) is 0 Å². The molecular formula is C22H21N3OS. The summed E-state index contributed by atoms with van der Waals surface area (Å²) in [5.74, 6) is 0.0337. The Morgan fingerprint density at radius 2 is 1.93 bits per heavy atom. The van der Waals surface area contributed by atoms with E-state index in [4.69, 9.17) is 4.98 Å². The summed E-state index contributed by atoms with van der Waals surface area (Å²) < 4.78 is 2.10. The predicted molar refractivity (Wildman–Crippen MR) is 111 cm³/mol. The lowest BCUT2D eigenvalue weighted by atomic mass is 10.1. The molecule has 5 heteroatoms. The third kappa shape index (κ3) is 3.64. The molecule has 0 bridgehead atoms. The van der Waals surface area contributed by atoms with Crippen molar-refractivity contribution < 1.29 is 4.79 Å². The first kappa shape index (κ1) is 17.5. The lowest BCUT2D eigenvalue weighted by molar-refractivity contribution is -0.116. The summed E-state index contributed by atoms with van der Waals surface area (Å²) in [6.07, 6.45) is 3.18. The van der Waals surface area contributed by atoms with Gasteiger partial charge in [-0.15, -0.1) is 11.3 Å². The number of hydrogen-bond acceptors (Lipinski definition) is 3. The predicted octanol–water partition coefficient (Wildman–Crippen LogP) is 5.25. The second-order valence-electron chi connectivity index (χ2n) is 6.67. The molecule has 0 atom stereocenters. The van der Waals surface area contributed by atoms with Crippen molar-refractivity contribution in [3.8, 4) is 11.3 Å². The van der Waals surface area contributed by atoms with Crippen LogP contribution in [0.25, 0.3) is 16.2 Å². The molecule has 4 aromatic rings. The number of nitrogens with zero attached hydrogens (tertiary/aromatic N) is 2. The highest BCUT2D eigenvalue weighted by atomic mass is 32.1. The van der Waals surface area contributed by atoms with Crippen molar-refractivity contribution in [3.05, 3.63) is 76.9 Å². The van der Waals surface area contributed by atoms with Gasteiger partial charge < -0.3 is 5.32 Å². The normalized spacial score (nSPS) is 11.0. The Bertz CT molecular complexity index is 1100. The quantitative estimate of drug-likeness (QED) is 0.518. The van der Waals surface area contributed by atoms with E-state index in [-0.39, 0.29) is 5.91 Å². The molecule has 0 aliphatic carbocycles. The Morgan fingerprint density at radius 1 is 1.11 bits per heavy atom. The van der Waals surface area contributed by atoms with Gasteiger partial charge in [-0.2, -0.15) is 0 Å². The molecule has 0 aliphatic rings. The molecule has 0 saturated heterocycles. The summed E-state index contributed by atoms with van der Waals surface area (Å²) >= 11 is 1.61. The Kier molecular flexibility index (Phi) is 4.77. The number of hydrogen-bond donors (Lipinski definition) is 1. The van der Waals surface area contributed by atoms with Crippen LogP contribution in [0, 0.1) is 13.8 Å². The highest BCUT2D eigenvalue weighted by Gasteiger charge is 2.12. The molecule has 2 heterocycles. The molecule has 0 saturated carbocycles. The van der Waals surface area contributed by atoms with Gasteiger partial charge in [0.2, 0.25) is 5.91 Å². The van der Waals surface area contributed by atoms with Crippen molar-refractivity contribution in [2.24, 2.45) is 0 Å². The first-order valence-electron chi connectivity index (χ1n) is 8.99. The zero-order chi connectivity index (χ0) is 18.8. The molecule has 4 nitrogen and oxygen atoms in total. The third-order valence-corrected chi connectivity index (χ3v) is 5.73. The summed E-state index contributed by atoms with van der Waals surface area (Å²) in [5, 5.41) is 5.12. The number of carbonyl (C=O) groups is 1. The Balaban J connectivity index is 1.46. The highest BCUT2D eigenvalue weighted by molar-refractivity contribution is 7.15. The maximum atomic E-state index is 12.4. The van der Waals surface area contributed by atoms with E-state index in [2.05, 4.69) is 46.4 Å². The molecule has 0 fully saturated rings. The molecule has 0 unspecified atom stereocenters. The summed E-state index contributed by atoms with van der Waals surface area (Å²) in [5.41, 5.74) is 6.37. The molecular weight excluding hydrogens is 354 g/mol. The topological polar surface area (TPSA) is 46.4 Å². The standard InChI is InChI=1S/C22H21N3OS/c1-15-7-6-10-19(16(15)2)23-21(26)12-11-18-14-27-22-24-20(13-25(18)22)17-8-4-3-5-9-17/h3-10,13-14H,11-12H2,1-2H3,(H,23,26). The van der Waals surface area contributed by atoms with Crippen molar-refractivity contribution in [1.82, 2.24) is 9.38 Å². The maximum Gasteiger partial charge on any atom is 0.224 e. The van der Waals surface area contributed by atoms with Crippen molar-refractivity contribution in [2.45, 2.75) is 26.7 Å². The number of rotatable bonds is 5. The van der Waals surface area contributed by atoms with Gasteiger partial charge in [0.05, 0.1) is 5.69 Å². The number of fused-ring (bicyclic) bond motifs is 1. The summed E-state index contributed by atoms with van der Waals surface area (Å²) in [4.78, 5) is 18.1. The van der Waals surface area contributed by atoms with Crippen LogP contribution < -0.4 is 5.32 Å². The summed E-state index contributed by atoms with van der Waals surface area (Å²) in [6, 6.07) is 16.1.